The van der Waals surface area contributed by atoms with Crippen molar-refractivity contribution in [3.05, 3.63) is 36.2 Å². The smallest absolute Gasteiger partial charge is 0.253 e. The number of para-hydroxylation sites is 1. The van der Waals surface area contributed by atoms with Crippen molar-refractivity contribution in [2.75, 3.05) is 13.7 Å². The van der Waals surface area contributed by atoms with E-state index >= 15 is 0 Å². The summed E-state index contributed by atoms with van der Waals surface area (Å²) in [6.07, 6.45) is 1.45. The van der Waals surface area contributed by atoms with Gasteiger partial charge in [-0.3, -0.25) is 4.79 Å². The van der Waals surface area contributed by atoms with Gasteiger partial charge < -0.3 is 10.1 Å². The van der Waals surface area contributed by atoms with Gasteiger partial charge in [-0.05, 0) is 29.5 Å². The summed E-state index contributed by atoms with van der Waals surface area (Å²) in [5.41, 5.74) is 1.15. The summed E-state index contributed by atoms with van der Waals surface area (Å²) in [7, 11) is 1.59. The lowest BCUT2D eigenvalue weighted by Crippen LogP contribution is -2.36. The quantitative estimate of drug-likeness (QED) is 0.844. The molecule has 0 spiro atoms. The molecule has 1 unspecified atom stereocenters. The molecule has 1 N–H and O–H groups in total. The van der Waals surface area contributed by atoms with Gasteiger partial charge in [0.05, 0.1) is 17.9 Å². The first-order valence-corrected chi connectivity index (χ1v) is 5.84. The standard InChI is InChI=1S/C12H15N5O2/c1-9(7-19-2)14-12(18)10-5-3-4-6-11(10)17-8-13-15-16-17/h3-6,8-9H,7H2,1-2H3,(H,14,18). The van der Waals surface area contributed by atoms with Crippen molar-refractivity contribution in [3.63, 3.8) is 0 Å². The number of hydrogen-bond acceptors (Lipinski definition) is 5. The summed E-state index contributed by atoms with van der Waals surface area (Å²) in [6, 6.07) is 7.06. The Balaban J connectivity index is 2.23. The lowest BCUT2D eigenvalue weighted by Gasteiger charge is -2.14. The fourth-order valence-electron chi connectivity index (χ4n) is 1.73. The molecule has 0 aliphatic heterocycles. The number of nitrogens with one attached hydrogen (secondary N) is 1. The van der Waals surface area contributed by atoms with Gasteiger partial charge in [0.2, 0.25) is 0 Å². The maximum atomic E-state index is 12.2. The van der Waals surface area contributed by atoms with E-state index in [2.05, 4.69) is 20.8 Å². The van der Waals surface area contributed by atoms with Gasteiger partial charge in [-0.2, -0.15) is 4.68 Å². The van der Waals surface area contributed by atoms with Gasteiger partial charge in [0.25, 0.3) is 5.91 Å². The summed E-state index contributed by atoms with van der Waals surface area (Å²) < 4.78 is 6.44. The minimum Gasteiger partial charge on any atom is -0.383 e. The highest BCUT2D eigenvalue weighted by atomic mass is 16.5. The molecular weight excluding hydrogens is 246 g/mol. The molecule has 2 aromatic rings. The summed E-state index contributed by atoms with van der Waals surface area (Å²) in [4.78, 5) is 12.2. The average Bonchev–Trinajstić information content (AvgIpc) is 2.92. The number of benzene rings is 1. The van der Waals surface area contributed by atoms with Gasteiger partial charge in [0.1, 0.15) is 6.33 Å². The number of ether oxygens (including phenoxy) is 1. The third kappa shape index (κ3) is 3.14. The van der Waals surface area contributed by atoms with Crippen LogP contribution < -0.4 is 5.32 Å². The average molecular weight is 261 g/mol. The molecule has 1 amide bonds. The van der Waals surface area contributed by atoms with Gasteiger partial charge >= 0.3 is 0 Å². The fraction of sp³-hybridized carbons (Fsp3) is 0.333. The number of hydrogen-bond donors (Lipinski definition) is 1. The summed E-state index contributed by atoms with van der Waals surface area (Å²) in [5.74, 6) is -0.185. The van der Waals surface area contributed by atoms with Crippen molar-refractivity contribution in [2.24, 2.45) is 0 Å². The molecule has 1 aromatic heterocycles. The van der Waals surface area contributed by atoms with E-state index in [1.807, 2.05) is 13.0 Å². The van der Waals surface area contributed by atoms with Crippen LogP contribution in [0.2, 0.25) is 0 Å². The highest BCUT2D eigenvalue weighted by molar-refractivity contribution is 5.97. The van der Waals surface area contributed by atoms with E-state index in [1.54, 1.807) is 25.3 Å². The highest BCUT2D eigenvalue weighted by Gasteiger charge is 2.15. The van der Waals surface area contributed by atoms with E-state index in [-0.39, 0.29) is 11.9 Å². The van der Waals surface area contributed by atoms with Crippen molar-refractivity contribution in [3.8, 4) is 5.69 Å². The van der Waals surface area contributed by atoms with Crippen LogP contribution in [-0.4, -0.2) is 45.9 Å². The number of tetrazole rings is 1. The van der Waals surface area contributed by atoms with E-state index in [0.29, 0.717) is 17.9 Å². The maximum Gasteiger partial charge on any atom is 0.253 e. The molecule has 100 valence electrons. The van der Waals surface area contributed by atoms with Crippen molar-refractivity contribution in [1.29, 1.82) is 0 Å². The van der Waals surface area contributed by atoms with Crippen LogP contribution in [0.1, 0.15) is 17.3 Å². The number of amides is 1. The van der Waals surface area contributed by atoms with Crippen molar-refractivity contribution in [1.82, 2.24) is 25.5 Å². The zero-order valence-electron chi connectivity index (χ0n) is 10.8. The number of aromatic nitrogens is 4. The van der Waals surface area contributed by atoms with Crippen LogP contribution in [0, 0.1) is 0 Å². The first-order valence-electron chi connectivity index (χ1n) is 5.84. The SMILES string of the molecule is COCC(C)NC(=O)c1ccccc1-n1cnnn1. The molecule has 0 aliphatic rings. The Bertz CT molecular complexity index is 541. The monoisotopic (exact) mass is 261 g/mol. The van der Waals surface area contributed by atoms with Gasteiger partial charge in [0, 0.05) is 13.2 Å². The zero-order valence-corrected chi connectivity index (χ0v) is 10.8. The second kappa shape index (κ2) is 6.05. The second-order valence-corrected chi connectivity index (χ2v) is 4.10. The molecule has 0 aliphatic carbocycles. The predicted molar refractivity (Wildman–Crippen MR) is 68.0 cm³/mol. The van der Waals surface area contributed by atoms with Crippen molar-refractivity contribution in [2.45, 2.75) is 13.0 Å². The molecule has 0 saturated carbocycles. The maximum absolute atomic E-state index is 12.2. The molecule has 0 fully saturated rings. The molecule has 0 radical (unpaired) electrons. The highest BCUT2D eigenvalue weighted by Crippen LogP contribution is 2.12. The van der Waals surface area contributed by atoms with Gasteiger partial charge in [-0.25, -0.2) is 0 Å². The molecule has 7 heteroatoms. The molecule has 1 atom stereocenters. The lowest BCUT2D eigenvalue weighted by atomic mass is 10.1. The Kier molecular flexibility index (Phi) is 4.19. The number of nitrogens with zero attached hydrogens (tertiary/aromatic N) is 4. The number of carbonyl (C=O) groups excluding carboxylic acids is 1. The minimum absolute atomic E-state index is 0.0700. The van der Waals surface area contributed by atoms with Crippen LogP contribution >= 0.6 is 0 Å². The Hall–Kier alpha value is -2.28. The van der Waals surface area contributed by atoms with Gasteiger partial charge in [-0.1, -0.05) is 12.1 Å². The number of methoxy groups -OCH3 is 1. The molecule has 1 aromatic carbocycles. The molecule has 2 rings (SSSR count). The molecule has 1 heterocycles. The molecule has 19 heavy (non-hydrogen) atoms. The van der Waals surface area contributed by atoms with E-state index in [9.17, 15) is 4.79 Å². The fourth-order valence-corrected chi connectivity index (χ4v) is 1.73. The number of rotatable bonds is 5. The van der Waals surface area contributed by atoms with Gasteiger partial charge in [-0.15, -0.1) is 5.10 Å². The van der Waals surface area contributed by atoms with Crippen LogP contribution in [-0.2, 0) is 4.74 Å². The summed E-state index contributed by atoms with van der Waals surface area (Å²) in [5, 5.41) is 13.8. The molecular formula is C12H15N5O2. The zero-order chi connectivity index (χ0) is 13.7. The van der Waals surface area contributed by atoms with E-state index < -0.39 is 0 Å². The van der Waals surface area contributed by atoms with E-state index in [4.69, 9.17) is 4.74 Å². The van der Waals surface area contributed by atoms with Crippen LogP contribution in [0.25, 0.3) is 5.69 Å². The Morgan fingerprint density at radius 1 is 1.47 bits per heavy atom. The Labute approximate surface area is 110 Å². The number of carbonyl (C=O) groups is 1. The first-order chi connectivity index (χ1) is 9.22. The normalized spacial score (nSPS) is 12.1. The van der Waals surface area contributed by atoms with Crippen LogP contribution in [0.5, 0.6) is 0 Å². The topological polar surface area (TPSA) is 81.9 Å². The third-order valence-electron chi connectivity index (χ3n) is 2.54. The second-order valence-electron chi connectivity index (χ2n) is 4.10. The minimum atomic E-state index is -0.185. The summed E-state index contributed by atoms with van der Waals surface area (Å²) >= 11 is 0. The first kappa shape index (κ1) is 13.2. The van der Waals surface area contributed by atoms with Crippen LogP contribution in [0.15, 0.2) is 30.6 Å². The van der Waals surface area contributed by atoms with E-state index in [1.165, 1.54) is 11.0 Å². The van der Waals surface area contributed by atoms with Gasteiger partial charge in [0.15, 0.2) is 0 Å². The molecule has 7 nitrogen and oxygen atoms in total. The van der Waals surface area contributed by atoms with Crippen LogP contribution in [0.4, 0.5) is 0 Å². The van der Waals surface area contributed by atoms with Crippen molar-refractivity contribution < 1.29 is 9.53 Å². The van der Waals surface area contributed by atoms with E-state index in [0.717, 1.165) is 0 Å². The van der Waals surface area contributed by atoms with Crippen LogP contribution in [0.3, 0.4) is 0 Å². The molecule has 0 saturated heterocycles. The Morgan fingerprint density at radius 3 is 2.95 bits per heavy atom. The largest absolute Gasteiger partial charge is 0.383 e. The predicted octanol–water partition coefficient (Wildman–Crippen LogP) is 0.427. The van der Waals surface area contributed by atoms with Crippen molar-refractivity contribution >= 4 is 5.91 Å². The lowest BCUT2D eigenvalue weighted by molar-refractivity contribution is 0.0905. The Morgan fingerprint density at radius 2 is 2.26 bits per heavy atom. The summed E-state index contributed by atoms with van der Waals surface area (Å²) in [6.45, 7) is 2.33. The molecule has 0 bridgehead atoms. The third-order valence-corrected chi connectivity index (χ3v) is 2.54.